The molecule has 18 heavy (non-hydrogen) atoms. The normalized spacial score (nSPS) is 10.3. The highest BCUT2D eigenvalue weighted by molar-refractivity contribution is 9.10. The number of hydrogen-bond acceptors (Lipinski definition) is 3. The SMILES string of the molecule is O=C(O)c1ccc(NCc2cc(Br)cs2)cc1Br. The highest BCUT2D eigenvalue weighted by atomic mass is 79.9. The standard InChI is InChI=1S/C12H9Br2NO2S/c13-7-3-9(18-6-7)5-15-8-1-2-10(12(16)17)11(14)4-8/h1-4,6,15H,5H2,(H,16,17). The lowest BCUT2D eigenvalue weighted by molar-refractivity contribution is 0.0696. The number of anilines is 1. The Morgan fingerprint density at radius 3 is 2.67 bits per heavy atom. The highest BCUT2D eigenvalue weighted by Gasteiger charge is 2.08. The summed E-state index contributed by atoms with van der Waals surface area (Å²) >= 11 is 8.32. The van der Waals surface area contributed by atoms with E-state index < -0.39 is 5.97 Å². The first kappa shape index (κ1) is 13.6. The van der Waals surface area contributed by atoms with Gasteiger partial charge in [0.25, 0.3) is 0 Å². The van der Waals surface area contributed by atoms with Crippen LogP contribution in [0.15, 0.2) is 38.6 Å². The first-order valence-corrected chi connectivity index (χ1v) is 7.52. The predicted molar refractivity (Wildman–Crippen MR) is 80.4 cm³/mol. The van der Waals surface area contributed by atoms with E-state index >= 15 is 0 Å². The molecular weight excluding hydrogens is 382 g/mol. The third-order valence-electron chi connectivity index (χ3n) is 2.29. The summed E-state index contributed by atoms with van der Waals surface area (Å²) in [6.07, 6.45) is 0. The van der Waals surface area contributed by atoms with Crippen LogP contribution < -0.4 is 5.32 Å². The maximum Gasteiger partial charge on any atom is 0.336 e. The smallest absolute Gasteiger partial charge is 0.336 e. The first-order chi connectivity index (χ1) is 8.56. The van der Waals surface area contributed by atoms with Crippen LogP contribution in [-0.4, -0.2) is 11.1 Å². The van der Waals surface area contributed by atoms with E-state index in [0.29, 0.717) is 4.47 Å². The van der Waals surface area contributed by atoms with E-state index in [2.05, 4.69) is 43.2 Å². The zero-order valence-electron chi connectivity index (χ0n) is 9.11. The molecule has 0 fully saturated rings. The summed E-state index contributed by atoms with van der Waals surface area (Å²) in [5.41, 5.74) is 1.15. The van der Waals surface area contributed by atoms with E-state index in [-0.39, 0.29) is 5.56 Å². The summed E-state index contributed by atoms with van der Waals surface area (Å²) < 4.78 is 1.65. The lowest BCUT2D eigenvalue weighted by Crippen LogP contribution is -2.01. The molecule has 0 amide bonds. The van der Waals surface area contributed by atoms with Crippen LogP contribution in [-0.2, 0) is 6.54 Å². The Morgan fingerprint density at radius 1 is 1.33 bits per heavy atom. The Kier molecular flexibility index (Phi) is 4.42. The molecule has 0 atom stereocenters. The van der Waals surface area contributed by atoms with Gasteiger partial charge in [-0.25, -0.2) is 4.79 Å². The van der Waals surface area contributed by atoms with E-state index in [4.69, 9.17) is 5.11 Å². The molecule has 2 N–H and O–H groups in total. The van der Waals surface area contributed by atoms with Crippen LogP contribution in [0.4, 0.5) is 5.69 Å². The van der Waals surface area contributed by atoms with Crippen LogP contribution in [0.25, 0.3) is 0 Å². The Labute approximate surface area is 125 Å². The minimum absolute atomic E-state index is 0.263. The molecule has 0 aliphatic rings. The lowest BCUT2D eigenvalue weighted by Gasteiger charge is -2.06. The van der Waals surface area contributed by atoms with Gasteiger partial charge in [-0.2, -0.15) is 0 Å². The zero-order valence-corrected chi connectivity index (χ0v) is 13.1. The van der Waals surface area contributed by atoms with Crippen molar-refractivity contribution in [1.29, 1.82) is 0 Å². The summed E-state index contributed by atoms with van der Waals surface area (Å²) in [5, 5.41) is 14.2. The summed E-state index contributed by atoms with van der Waals surface area (Å²) in [6, 6.07) is 7.17. The Bertz CT molecular complexity index is 583. The van der Waals surface area contributed by atoms with Crippen molar-refractivity contribution in [2.24, 2.45) is 0 Å². The number of hydrogen-bond donors (Lipinski definition) is 2. The number of aromatic carboxylic acids is 1. The van der Waals surface area contributed by atoms with E-state index in [1.165, 1.54) is 4.88 Å². The van der Waals surface area contributed by atoms with Gasteiger partial charge in [0.05, 0.1) is 5.56 Å². The second-order valence-corrected chi connectivity index (χ2v) is 6.35. The molecule has 3 nitrogen and oxygen atoms in total. The Balaban J connectivity index is 2.06. The number of thiophene rings is 1. The van der Waals surface area contributed by atoms with Gasteiger partial charge < -0.3 is 10.4 Å². The highest BCUT2D eigenvalue weighted by Crippen LogP contribution is 2.24. The van der Waals surface area contributed by atoms with Crippen molar-refractivity contribution in [3.05, 3.63) is 49.0 Å². The van der Waals surface area contributed by atoms with Crippen LogP contribution >= 0.6 is 43.2 Å². The predicted octanol–water partition coefficient (Wildman–Crippen LogP) is 4.58. The van der Waals surface area contributed by atoms with E-state index in [9.17, 15) is 4.79 Å². The molecule has 0 bridgehead atoms. The van der Waals surface area contributed by atoms with Gasteiger partial charge in [0.2, 0.25) is 0 Å². The molecule has 1 heterocycles. The van der Waals surface area contributed by atoms with Gasteiger partial charge in [-0.15, -0.1) is 11.3 Å². The van der Waals surface area contributed by atoms with Crippen molar-refractivity contribution in [2.45, 2.75) is 6.54 Å². The summed E-state index contributed by atoms with van der Waals surface area (Å²) in [5.74, 6) is -0.935. The monoisotopic (exact) mass is 389 g/mol. The van der Waals surface area contributed by atoms with Crippen molar-refractivity contribution in [3.8, 4) is 0 Å². The topological polar surface area (TPSA) is 49.3 Å². The quantitative estimate of drug-likeness (QED) is 0.802. The van der Waals surface area contributed by atoms with Gasteiger partial charge in [-0.05, 0) is 56.1 Å². The minimum atomic E-state index is -0.935. The van der Waals surface area contributed by atoms with Crippen LogP contribution in [0.1, 0.15) is 15.2 Å². The van der Waals surface area contributed by atoms with Gasteiger partial charge in [0.1, 0.15) is 0 Å². The molecule has 6 heteroatoms. The third kappa shape index (κ3) is 3.34. The van der Waals surface area contributed by atoms with Crippen LogP contribution in [0, 0.1) is 0 Å². The number of carbonyl (C=O) groups is 1. The maximum absolute atomic E-state index is 10.9. The first-order valence-electron chi connectivity index (χ1n) is 5.06. The number of benzene rings is 1. The van der Waals surface area contributed by atoms with Crippen molar-refractivity contribution in [1.82, 2.24) is 0 Å². The fourth-order valence-corrected chi connectivity index (χ4v) is 3.37. The summed E-state index contributed by atoms with van der Waals surface area (Å²) in [4.78, 5) is 12.1. The molecule has 2 aromatic rings. The second-order valence-electron chi connectivity index (χ2n) is 3.58. The number of nitrogens with one attached hydrogen (secondary N) is 1. The van der Waals surface area contributed by atoms with Crippen molar-refractivity contribution >= 4 is 54.9 Å². The fourth-order valence-electron chi connectivity index (χ4n) is 1.43. The zero-order chi connectivity index (χ0) is 13.1. The van der Waals surface area contributed by atoms with Gasteiger partial charge in [-0.1, -0.05) is 0 Å². The van der Waals surface area contributed by atoms with Crippen LogP contribution in [0.3, 0.4) is 0 Å². The number of carboxylic acids is 1. The molecule has 0 saturated carbocycles. The molecular formula is C12H9Br2NO2S. The fraction of sp³-hybridized carbons (Fsp3) is 0.0833. The number of rotatable bonds is 4. The third-order valence-corrected chi connectivity index (χ3v) is 4.64. The average molecular weight is 391 g/mol. The van der Waals surface area contributed by atoms with Gasteiger partial charge in [0, 0.05) is 31.4 Å². The van der Waals surface area contributed by atoms with Crippen LogP contribution in [0.5, 0.6) is 0 Å². The molecule has 94 valence electrons. The largest absolute Gasteiger partial charge is 0.478 e. The summed E-state index contributed by atoms with van der Waals surface area (Å²) in [6.45, 7) is 0.717. The summed E-state index contributed by atoms with van der Waals surface area (Å²) in [7, 11) is 0. The molecule has 0 radical (unpaired) electrons. The maximum atomic E-state index is 10.9. The van der Waals surface area contributed by atoms with Gasteiger partial charge in [0.15, 0.2) is 0 Å². The average Bonchev–Trinajstić information content (AvgIpc) is 2.72. The van der Waals surface area contributed by atoms with Crippen molar-refractivity contribution < 1.29 is 9.90 Å². The Hall–Kier alpha value is -0.850. The van der Waals surface area contributed by atoms with E-state index in [0.717, 1.165) is 16.7 Å². The molecule has 1 aromatic carbocycles. The molecule has 2 rings (SSSR count). The molecule has 1 aromatic heterocycles. The molecule has 0 saturated heterocycles. The molecule has 0 unspecified atom stereocenters. The van der Waals surface area contributed by atoms with Crippen LogP contribution in [0.2, 0.25) is 0 Å². The van der Waals surface area contributed by atoms with E-state index in [1.54, 1.807) is 29.5 Å². The van der Waals surface area contributed by atoms with Gasteiger partial charge >= 0.3 is 5.97 Å². The van der Waals surface area contributed by atoms with E-state index in [1.807, 2.05) is 5.38 Å². The van der Waals surface area contributed by atoms with Crippen molar-refractivity contribution in [2.75, 3.05) is 5.32 Å². The van der Waals surface area contributed by atoms with Gasteiger partial charge in [-0.3, -0.25) is 0 Å². The minimum Gasteiger partial charge on any atom is -0.478 e. The molecule has 0 aliphatic heterocycles. The number of halogens is 2. The van der Waals surface area contributed by atoms with Crippen molar-refractivity contribution in [3.63, 3.8) is 0 Å². The number of carboxylic acid groups (broad SMARTS) is 1. The second kappa shape index (κ2) is 5.86. The molecule has 0 aliphatic carbocycles. The molecule has 0 spiro atoms. The Morgan fingerprint density at radius 2 is 2.11 bits per heavy atom. The lowest BCUT2D eigenvalue weighted by atomic mass is 10.2.